The van der Waals surface area contributed by atoms with Crippen molar-refractivity contribution in [1.82, 2.24) is 0 Å². The number of carbonyl (C=O) groups is 1. The average molecular weight is 417 g/mol. The van der Waals surface area contributed by atoms with Crippen molar-refractivity contribution in [1.29, 1.82) is 0 Å². The summed E-state index contributed by atoms with van der Waals surface area (Å²) in [4.78, 5) is 9.73. The maximum Gasteiger partial charge on any atom is 0.328 e. The summed E-state index contributed by atoms with van der Waals surface area (Å²) in [6.07, 6.45) is 1.17. The van der Waals surface area contributed by atoms with Gasteiger partial charge in [-0.25, -0.2) is 4.79 Å². The van der Waals surface area contributed by atoms with Crippen LogP contribution >= 0.6 is 0 Å². The number of ether oxygens (including phenoxy) is 2. The van der Waals surface area contributed by atoms with Crippen LogP contribution in [0.4, 0.5) is 0 Å². The molecule has 0 fully saturated rings. The maximum atomic E-state index is 10.1. The summed E-state index contributed by atoms with van der Waals surface area (Å²) in [7, 11) is 0. The number of aliphatic carboxylic acids is 1. The van der Waals surface area contributed by atoms with Crippen molar-refractivity contribution in [2.45, 2.75) is 47.0 Å². The van der Waals surface area contributed by atoms with Gasteiger partial charge in [0.25, 0.3) is 0 Å². The molecule has 0 saturated carbocycles. The zero-order valence-corrected chi connectivity index (χ0v) is 18.5. The molecule has 3 N–H and O–H groups in total. The number of phenols is 2. The van der Waals surface area contributed by atoms with Gasteiger partial charge in [-0.15, -0.1) is 0 Å². The third kappa shape index (κ3) is 6.72. The predicted molar refractivity (Wildman–Crippen MR) is 118 cm³/mol. The Bertz CT molecular complexity index is 862. The molecule has 2 aromatic rings. The molecule has 0 aromatic heterocycles. The molecule has 0 amide bonds. The second-order valence-corrected chi connectivity index (χ2v) is 7.39. The number of phenolic OH excluding ortho intramolecular Hbond substituents is 2. The molecule has 0 aliphatic carbocycles. The summed E-state index contributed by atoms with van der Waals surface area (Å²) in [6.45, 7) is 12.3. The lowest BCUT2D eigenvalue weighted by Crippen LogP contribution is -2.20. The van der Waals surface area contributed by atoms with Gasteiger partial charge < -0.3 is 24.8 Å². The second-order valence-electron chi connectivity index (χ2n) is 7.39. The van der Waals surface area contributed by atoms with E-state index in [2.05, 4.69) is 13.8 Å². The molecule has 2 rings (SSSR count). The van der Waals surface area contributed by atoms with E-state index in [1.165, 1.54) is 6.08 Å². The summed E-state index contributed by atoms with van der Waals surface area (Å²) in [5.74, 6) is 0.363. The van der Waals surface area contributed by atoms with E-state index in [1.807, 2.05) is 32.0 Å². The summed E-state index contributed by atoms with van der Waals surface area (Å²) in [5, 5.41) is 27.6. The number of aromatic hydroxyl groups is 2. The van der Waals surface area contributed by atoms with Crippen LogP contribution in [0.25, 0.3) is 0 Å². The molecule has 0 saturated heterocycles. The fourth-order valence-electron chi connectivity index (χ4n) is 2.90. The lowest BCUT2D eigenvalue weighted by atomic mass is 9.77. The van der Waals surface area contributed by atoms with Crippen molar-refractivity contribution in [3.8, 4) is 23.0 Å². The van der Waals surface area contributed by atoms with Crippen LogP contribution in [0.2, 0.25) is 0 Å². The highest BCUT2D eigenvalue weighted by molar-refractivity contribution is 5.80. The molecule has 30 heavy (non-hydrogen) atoms. The maximum absolute atomic E-state index is 10.1. The van der Waals surface area contributed by atoms with Gasteiger partial charge in [0.2, 0.25) is 5.75 Å². The van der Waals surface area contributed by atoms with E-state index >= 15 is 0 Å². The van der Waals surface area contributed by atoms with Crippen LogP contribution in [0.3, 0.4) is 0 Å². The molecule has 0 heterocycles. The molecule has 164 valence electrons. The molecule has 6 heteroatoms. The highest BCUT2D eigenvalue weighted by Gasteiger charge is 2.30. The van der Waals surface area contributed by atoms with E-state index in [0.717, 1.165) is 16.7 Å². The van der Waals surface area contributed by atoms with Crippen molar-refractivity contribution in [2.24, 2.45) is 0 Å². The SMILES string of the molecule is CC(C)=CC(=O)O.CCOc1c(O)ccc(C(C)(C)c2ccc(O)cc2)c1OCC. The zero-order chi connectivity index (χ0) is 22.9. The second kappa shape index (κ2) is 11.1. The Labute approximate surface area is 178 Å². The van der Waals surface area contributed by atoms with Gasteiger partial charge in [0.05, 0.1) is 13.2 Å². The highest BCUT2D eigenvalue weighted by atomic mass is 16.5. The molecule has 6 nitrogen and oxygen atoms in total. The van der Waals surface area contributed by atoms with Gasteiger partial charge >= 0.3 is 5.97 Å². The molecule has 0 bridgehead atoms. The number of hydrogen-bond acceptors (Lipinski definition) is 5. The fraction of sp³-hybridized carbons (Fsp3) is 0.375. The van der Waals surface area contributed by atoms with Crippen LogP contribution in [-0.4, -0.2) is 34.5 Å². The van der Waals surface area contributed by atoms with E-state index in [0.29, 0.717) is 24.7 Å². The number of rotatable bonds is 7. The van der Waals surface area contributed by atoms with Crippen molar-refractivity contribution < 1.29 is 29.6 Å². The zero-order valence-electron chi connectivity index (χ0n) is 18.5. The lowest BCUT2D eigenvalue weighted by molar-refractivity contribution is -0.131. The Morgan fingerprint density at radius 2 is 1.47 bits per heavy atom. The first-order chi connectivity index (χ1) is 14.0. The highest BCUT2D eigenvalue weighted by Crippen LogP contribution is 2.46. The first-order valence-corrected chi connectivity index (χ1v) is 9.83. The third-order valence-corrected chi connectivity index (χ3v) is 4.34. The van der Waals surface area contributed by atoms with Crippen molar-refractivity contribution in [3.63, 3.8) is 0 Å². The first kappa shape index (κ1) is 24.9. The molecule has 0 atom stereocenters. The number of carboxylic acid groups (broad SMARTS) is 1. The molecule has 0 unspecified atom stereocenters. The van der Waals surface area contributed by atoms with E-state index in [-0.39, 0.29) is 16.9 Å². The largest absolute Gasteiger partial charge is 0.508 e. The minimum Gasteiger partial charge on any atom is -0.508 e. The summed E-state index contributed by atoms with van der Waals surface area (Å²) in [6, 6.07) is 10.6. The van der Waals surface area contributed by atoms with Gasteiger partial charge in [0.15, 0.2) is 11.5 Å². The average Bonchev–Trinajstić information content (AvgIpc) is 2.64. The quantitative estimate of drug-likeness (QED) is 0.533. The van der Waals surface area contributed by atoms with Crippen LogP contribution in [0, 0.1) is 0 Å². The number of hydrogen-bond donors (Lipinski definition) is 3. The Kier molecular flexibility index (Phi) is 9.24. The minimum atomic E-state index is -0.875. The van der Waals surface area contributed by atoms with Crippen LogP contribution in [0.15, 0.2) is 48.0 Å². The predicted octanol–water partition coefficient (Wildman–Crippen LogP) is 5.26. The van der Waals surface area contributed by atoms with Crippen molar-refractivity contribution >= 4 is 5.97 Å². The monoisotopic (exact) mass is 416 g/mol. The minimum absolute atomic E-state index is 0.0700. The topological polar surface area (TPSA) is 96.2 Å². The molecular formula is C24H32O6. The number of carboxylic acids is 1. The van der Waals surface area contributed by atoms with Gasteiger partial charge in [-0.05, 0) is 51.5 Å². The smallest absolute Gasteiger partial charge is 0.328 e. The Hall–Kier alpha value is -3.15. The van der Waals surface area contributed by atoms with Gasteiger partial charge in [0.1, 0.15) is 5.75 Å². The fourth-order valence-corrected chi connectivity index (χ4v) is 2.90. The molecule has 0 aliphatic rings. The van der Waals surface area contributed by atoms with Gasteiger partial charge in [0, 0.05) is 17.1 Å². The van der Waals surface area contributed by atoms with Gasteiger partial charge in [-0.1, -0.05) is 37.6 Å². The number of benzene rings is 2. The summed E-state index contributed by atoms with van der Waals surface area (Å²) < 4.78 is 11.4. The molecule has 2 aromatic carbocycles. The van der Waals surface area contributed by atoms with Crippen LogP contribution < -0.4 is 9.47 Å². The first-order valence-electron chi connectivity index (χ1n) is 9.83. The Morgan fingerprint density at radius 1 is 0.933 bits per heavy atom. The van der Waals surface area contributed by atoms with E-state index in [9.17, 15) is 15.0 Å². The van der Waals surface area contributed by atoms with Crippen molar-refractivity contribution in [3.05, 3.63) is 59.2 Å². The van der Waals surface area contributed by atoms with Gasteiger partial charge in [-0.2, -0.15) is 0 Å². The van der Waals surface area contributed by atoms with E-state index < -0.39 is 5.97 Å². The molecule has 0 aliphatic heterocycles. The van der Waals surface area contributed by atoms with Crippen LogP contribution in [0.1, 0.15) is 52.7 Å². The summed E-state index contributed by atoms with van der Waals surface area (Å²) in [5.41, 5.74) is 2.39. The van der Waals surface area contributed by atoms with E-state index in [4.69, 9.17) is 14.6 Å². The van der Waals surface area contributed by atoms with E-state index in [1.54, 1.807) is 32.0 Å². The normalized spacial score (nSPS) is 10.5. The number of allylic oxidation sites excluding steroid dienone is 1. The van der Waals surface area contributed by atoms with Crippen LogP contribution in [-0.2, 0) is 10.2 Å². The Balaban J connectivity index is 0.000000553. The van der Waals surface area contributed by atoms with Gasteiger partial charge in [-0.3, -0.25) is 0 Å². The molecule has 0 radical (unpaired) electrons. The Morgan fingerprint density at radius 3 is 1.90 bits per heavy atom. The summed E-state index contributed by atoms with van der Waals surface area (Å²) >= 11 is 0. The standard InChI is InChI=1S/C19H24O4.C5H8O2/c1-5-22-17-15(11-12-16(21)18(17)23-6-2)19(3,4)13-7-9-14(20)10-8-13;1-4(2)3-5(6)7/h7-12,20-21H,5-6H2,1-4H3;3H,1-2H3,(H,6,7). The van der Waals surface area contributed by atoms with Crippen LogP contribution in [0.5, 0.6) is 23.0 Å². The lowest BCUT2D eigenvalue weighted by Gasteiger charge is -2.29. The molecule has 0 spiro atoms. The molecular weight excluding hydrogens is 384 g/mol. The third-order valence-electron chi connectivity index (χ3n) is 4.34. The van der Waals surface area contributed by atoms with Crippen molar-refractivity contribution in [2.75, 3.05) is 13.2 Å².